The molecule has 126 valence electrons. The Balaban J connectivity index is 1.92. The maximum atomic E-state index is 12.3. The van der Waals surface area contributed by atoms with E-state index >= 15 is 0 Å². The van der Waals surface area contributed by atoms with E-state index in [4.69, 9.17) is 11.6 Å². The van der Waals surface area contributed by atoms with Gasteiger partial charge in [0.05, 0.1) is 11.5 Å². The topological polar surface area (TPSA) is 71.5 Å². The Morgan fingerprint density at radius 2 is 1.87 bits per heavy atom. The normalized spacial score (nSPS) is 19.5. The molecule has 0 N–H and O–H groups in total. The van der Waals surface area contributed by atoms with Crippen LogP contribution in [0.25, 0.3) is 0 Å². The van der Waals surface area contributed by atoms with Crippen LogP contribution in [0.3, 0.4) is 0 Å². The van der Waals surface area contributed by atoms with Crippen molar-refractivity contribution in [3.63, 3.8) is 0 Å². The van der Waals surface area contributed by atoms with E-state index in [2.05, 4.69) is 0 Å². The summed E-state index contributed by atoms with van der Waals surface area (Å²) >= 11 is 5.78. The zero-order chi connectivity index (χ0) is 17.0. The van der Waals surface area contributed by atoms with Crippen LogP contribution in [-0.4, -0.2) is 49.1 Å². The van der Waals surface area contributed by atoms with Crippen LogP contribution in [0.5, 0.6) is 0 Å². The van der Waals surface area contributed by atoms with Crippen molar-refractivity contribution in [3.05, 3.63) is 34.9 Å². The van der Waals surface area contributed by atoms with Crippen LogP contribution < -0.4 is 0 Å². The quantitative estimate of drug-likeness (QED) is 0.732. The first kappa shape index (κ1) is 17.9. The highest BCUT2D eigenvalue weighted by Gasteiger charge is 2.33. The highest BCUT2D eigenvalue weighted by atomic mass is 35.5. The Morgan fingerprint density at radius 1 is 1.22 bits per heavy atom. The summed E-state index contributed by atoms with van der Waals surface area (Å²) in [6.45, 7) is 2.28. The van der Waals surface area contributed by atoms with Gasteiger partial charge in [-0.3, -0.25) is 9.59 Å². The van der Waals surface area contributed by atoms with Gasteiger partial charge in [-0.05, 0) is 37.6 Å². The molecule has 5 nitrogen and oxygen atoms in total. The molecule has 0 aromatic heterocycles. The van der Waals surface area contributed by atoms with Crippen molar-refractivity contribution < 1.29 is 18.0 Å². The number of amides is 1. The van der Waals surface area contributed by atoms with Crippen molar-refractivity contribution in [2.24, 2.45) is 0 Å². The summed E-state index contributed by atoms with van der Waals surface area (Å²) in [6.07, 6.45) is 0.676. The van der Waals surface area contributed by atoms with E-state index in [0.29, 0.717) is 23.6 Å². The Labute approximate surface area is 141 Å². The second kappa shape index (κ2) is 7.45. The van der Waals surface area contributed by atoms with Crippen LogP contribution in [0.15, 0.2) is 24.3 Å². The molecule has 1 heterocycles. The van der Waals surface area contributed by atoms with Gasteiger partial charge in [0.15, 0.2) is 15.6 Å². The molecule has 7 heteroatoms. The second-order valence-corrected chi connectivity index (χ2v) is 8.33. The molecule has 0 spiro atoms. The number of rotatable bonds is 6. The lowest BCUT2D eigenvalue weighted by Crippen LogP contribution is -2.41. The van der Waals surface area contributed by atoms with Crippen molar-refractivity contribution in [2.45, 2.75) is 32.2 Å². The van der Waals surface area contributed by atoms with Gasteiger partial charge in [0.1, 0.15) is 0 Å². The minimum atomic E-state index is -3.04. The molecule has 1 atom stereocenters. The average molecular weight is 358 g/mol. The number of nitrogens with zero attached hydrogens (tertiary/aromatic N) is 1. The van der Waals surface area contributed by atoms with Crippen LogP contribution >= 0.6 is 11.6 Å². The van der Waals surface area contributed by atoms with Gasteiger partial charge in [-0.1, -0.05) is 11.6 Å². The number of carbonyl (C=O) groups is 2. The van der Waals surface area contributed by atoms with Crippen LogP contribution in [0.1, 0.15) is 36.5 Å². The Morgan fingerprint density at radius 3 is 2.39 bits per heavy atom. The monoisotopic (exact) mass is 357 g/mol. The smallest absolute Gasteiger partial charge is 0.223 e. The molecular weight excluding hydrogens is 338 g/mol. The number of halogens is 1. The molecule has 23 heavy (non-hydrogen) atoms. The van der Waals surface area contributed by atoms with E-state index in [1.165, 1.54) is 0 Å². The highest BCUT2D eigenvalue weighted by molar-refractivity contribution is 7.91. The predicted molar refractivity (Wildman–Crippen MR) is 89.5 cm³/mol. The molecule has 0 radical (unpaired) electrons. The van der Waals surface area contributed by atoms with Crippen LogP contribution in [0, 0.1) is 0 Å². The number of Topliss-reactive ketones (excluding diaryl/α,β-unsaturated/α-hetero) is 1. The first-order chi connectivity index (χ1) is 10.8. The third-order valence-corrected chi connectivity index (χ3v) is 6.04. The number of hydrogen-bond acceptors (Lipinski definition) is 4. The highest BCUT2D eigenvalue weighted by Crippen LogP contribution is 2.19. The second-order valence-electron chi connectivity index (χ2n) is 5.67. The summed E-state index contributed by atoms with van der Waals surface area (Å²) in [4.78, 5) is 26.0. The lowest BCUT2D eigenvalue weighted by atomic mass is 10.1. The van der Waals surface area contributed by atoms with E-state index in [9.17, 15) is 18.0 Å². The standard InChI is InChI=1S/C16H20ClNO4S/c1-2-18(14-9-10-23(21,22)11-14)16(20)8-7-15(19)12-3-5-13(17)6-4-12/h3-6,14H,2,7-11H2,1H3. The molecule has 1 saturated heterocycles. The van der Waals surface area contributed by atoms with Crippen molar-refractivity contribution in [3.8, 4) is 0 Å². The first-order valence-corrected chi connectivity index (χ1v) is 9.81. The fourth-order valence-electron chi connectivity index (χ4n) is 2.80. The van der Waals surface area contributed by atoms with Gasteiger partial charge < -0.3 is 4.90 Å². The molecule has 1 unspecified atom stereocenters. The summed E-state index contributed by atoms with van der Waals surface area (Å²) < 4.78 is 23.1. The number of ketones is 1. The zero-order valence-corrected chi connectivity index (χ0v) is 14.6. The third kappa shape index (κ3) is 4.78. The van der Waals surface area contributed by atoms with Crippen LogP contribution in [0.4, 0.5) is 0 Å². The SMILES string of the molecule is CCN(C(=O)CCC(=O)c1ccc(Cl)cc1)C1CCS(=O)(=O)C1. The minimum absolute atomic E-state index is 0.0255. The molecular formula is C16H20ClNO4S. The lowest BCUT2D eigenvalue weighted by molar-refractivity contribution is -0.132. The summed E-state index contributed by atoms with van der Waals surface area (Å²) in [6, 6.07) is 6.28. The number of sulfone groups is 1. The first-order valence-electron chi connectivity index (χ1n) is 7.61. The third-order valence-electron chi connectivity index (χ3n) is 4.04. The Hall–Kier alpha value is -1.40. The van der Waals surface area contributed by atoms with Gasteiger partial charge in [0, 0.05) is 36.0 Å². The van der Waals surface area contributed by atoms with Gasteiger partial charge in [-0.25, -0.2) is 8.42 Å². The van der Waals surface area contributed by atoms with E-state index in [0.717, 1.165) is 0 Å². The maximum absolute atomic E-state index is 12.3. The maximum Gasteiger partial charge on any atom is 0.223 e. The summed E-state index contributed by atoms with van der Waals surface area (Å²) in [5.41, 5.74) is 0.522. The zero-order valence-electron chi connectivity index (χ0n) is 13.0. The van der Waals surface area contributed by atoms with Crippen molar-refractivity contribution in [1.29, 1.82) is 0 Å². The van der Waals surface area contributed by atoms with Gasteiger partial charge in [0.25, 0.3) is 0 Å². The van der Waals surface area contributed by atoms with E-state index in [1.807, 2.05) is 6.92 Å². The van der Waals surface area contributed by atoms with E-state index < -0.39 is 9.84 Å². The predicted octanol–water partition coefficient (Wildman–Crippen LogP) is 2.34. The molecule has 0 aliphatic carbocycles. The van der Waals surface area contributed by atoms with Crippen molar-refractivity contribution >= 4 is 33.1 Å². The fourth-order valence-corrected chi connectivity index (χ4v) is 4.66. The molecule has 1 aromatic rings. The number of carbonyl (C=O) groups excluding carboxylic acids is 2. The fraction of sp³-hybridized carbons (Fsp3) is 0.500. The van der Waals surface area contributed by atoms with Gasteiger partial charge in [0.2, 0.25) is 5.91 Å². The van der Waals surface area contributed by atoms with Gasteiger partial charge in [-0.15, -0.1) is 0 Å². The van der Waals surface area contributed by atoms with Gasteiger partial charge >= 0.3 is 0 Å². The Kier molecular flexibility index (Phi) is 5.81. The number of hydrogen-bond donors (Lipinski definition) is 0. The molecule has 2 rings (SSSR count). The lowest BCUT2D eigenvalue weighted by Gasteiger charge is -2.26. The van der Waals surface area contributed by atoms with Crippen LogP contribution in [0.2, 0.25) is 5.02 Å². The molecule has 1 fully saturated rings. The largest absolute Gasteiger partial charge is 0.339 e. The Bertz CT molecular complexity index is 685. The average Bonchev–Trinajstić information content (AvgIpc) is 2.86. The molecule has 1 aromatic carbocycles. The number of benzene rings is 1. The molecule has 0 saturated carbocycles. The van der Waals surface area contributed by atoms with E-state index in [-0.39, 0.29) is 42.1 Å². The molecule has 1 aliphatic heterocycles. The van der Waals surface area contributed by atoms with Crippen LogP contribution in [-0.2, 0) is 14.6 Å². The van der Waals surface area contributed by atoms with Gasteiger partial charge in [-0.2, -0.15) is 0 Å². The summed E-state index contributed by atoms with van der Waals surface area (Å²) in [5, 5.41) is 0.553. The molecule has 1 aliphatic rings. The summed E-state index contributed by atoms with van der Waals surface area (Å²) in [5.74, 6) is -0.134. The summed E-state index contributed by atoms with van der Waals surface area (Å²) in [7, 11) is -3.04. The van der Waals surface area contributed by atoms with Crippen molar-refractivity contribution in [1.82, 2.24) is 4.90 Å². The van der Waals surface area contributed by atoms with Crippen molar-refractivity contribution in [2.75, 3.05) is 18.1 Å². The molecule has 0 bridgehead atoms. The molecule has 1 amide bonds. The van der Waals surface area contributed by atoms with E-state index in [1.54, 1.807) is 29.2 Å². The minimum Gasteiger partial charge on any atom is -0.339 e.